The van der Waals surface area contributed by atoms with E-state index in [4.69, 9.17) is 10.5 Å². The molecule has 1 heterocycles. The second kappa shape index (κ2) is 6.04. The zero-order valence-electron chi connectivity index (χ0n) is 11.0. The van der Waals surface area contributed by atoms with Gasteiger partial charge in [-0.15, -0.1) is 0 Å². The predicted molar refractivity (Wildman–Crippen MR) is 77.7 cm³/mol. The Morgan fingerprint density at radius 3 is 2.89 bits per heavy atom. The summed E-state index contributed by atoms with van der Waals surface area (Å²) in [6.07, 6.45) is 1.10. The van der Waals surface area contributed by atoms with Crippen molar-refractivity contribution in [3.63, 3.8) is 0 Å². The van der Waals surface area contributed by atoms with Crippen LogP contribution in [0.5, 0.6) is 5.75 Å². The van der Waals surface area contributed by atoms with Crippen LogP contribution in [-0.2, 0) is 6.54 Å². The number of halogens is 1. The Balaban J connectivity index is 1.99. The van der Waals surface area contributed by atoms with Crippen molar-refractivity contribution in [1.29, 1.82) is 0 Å². The van der Waals surface area contributed by atoms with E-state index < -0.39 is 0 Å². The van der Waals surface area contributed by atoms with Gasteiger partial charge in [-0.1, -0.05) is 13.0 Å². The maximum atomic E-state index is 6.05. The van der Waals surface area contributed by atoms with Crippen molar-refractivity contribution in [2.75, 3.05) is 20.2 Å². The standard InChI is InChI=1S/C14H21BrN2O/c1-10-8-17(6-5-13(10)16)9-11-3-4-14(18-2)12(15)7-11/h3-4,7,10,13H,5-6,8-9,16H2,1-2H3. The van der Waals surface area contributed by atoms with Gasteiger partial charge in [-0.3, -0.25) is 4.90 Å². The molecule has 18 heavy (non-hydrogen) atoms. The van der Waals surface area contributed by atoms with Crippen LogP contribution in [0, 0.1) is 5.92 Å². The molecule has 3 nitrogen and oxygen atoms in total. The van der Waals surface area contributed by atoms with E-state index in [-0.39, 0.29) is 0 Å². The van der Waals surface area contributed by atoms with Crippen molar-refractivity contribution in [1.82, 2.24) is 4.90 Å². The highest BCUT2D eigenvalue weighted by Gasteiger charge is 2.22. The van der Waals surface area contributed by atoms with Gasteiger partial charge < -0.3 is 10.5 Å². The zero-order chi connectivity index (χ0) is 13.1. The number of benzene rings is 1. The third-order valence-electron chi connectivity index (χ3n) is 3.68. The van der Waals surface area contributed by atoms with Crippen LogP contribution in [0.1, 0.15) is 18.9 Å². The quantitative estimate of drug-likeness (QED) is 0.932. The van der Waals surface area contributed by atoms with Crippen LogP contribution in [0.4, 0.5) is 0 Å². The Bertz CT molecular complexity index is 411. The summed E-state index contributed by atoms with van der Waals surface area (Å²) < 4.78 is 6.26. The first-order valence-corrected chi connectivity index (χ1v) is 7.20. The van der Waals surface area contributed by atoms with Crippen LogP contribution in [0.2, 0.25) is 0 Å². The lowest BCUT2D eigenvalue weighted by Crippen LogP contribution is -2.45. The molecule has 100 valence electrons. The topological polar surface area (TPSA) is 38.5 Å². The van der Waals surface area contributed by atoms with Crippen molar-refractivity contribution < 1.29 is 4.74 Å². The van der Waals surface area contributed by atoms with Crippen LogP contribution in [-0.4, -0.2) is 31.1 Å². The second-order valence-electron chi connectivity index (χ2n) is 5.13. The normalized spacial score (nSPS) is 25.1. The molecule has 1 aromatic carbocycles. The Hall–Kier alpha value is -0.580. The number of methoxy groups -OCH3 is 1. The Labute approximate surface area is 117 Å². The van der Waals surface area contributed by atoms with Crippen molar-refractivity contribution in [3.05, 3.63) is 28.2 Å². The summed E-state index contributed by atoms with van der Waals surface area (Å²) in [5.74, 6) is 1.47. The fourth-order valence-corrected chi connectivity index (χ4v) is 3.05. The van der Waals surface area contributed by atoms with Gasteiger partial charge in [0, 0.05) is 19.1 Å². The molecule has 0 aliphatic carbocycles. The van der Waals surface area contributed by atoms with Gasteiger partial charge in [0.05, 0.1) is 11.6 Å². The molecule has 1 aliphatic heterocycles. The summed E-state index contributed by atoms with van der Waals surface area (Å²) in [7, 11) is 1.69. The summed E-state index contributed by atoms with van der Waals surface area (Å²) in [6.45, 7) is 5.40. The summed E-state index contributed by atoms with van der Waals surface area (Å²) in [4.78, 5) is 2.47. The van der Waals surface area contributed by atoms with E-state index in [0.717, 1.165) is 36.3 Å². The highest BCUT2D eigenvalue weighted by Crippen LogP contribution is 2.26. The van der Waals surface area contributed by atoms with Crippen molar-refractivity contribution >= 4 is 15.9 Å². The number of rotatable bonds is 3. The highest BCUT2D eigenvalue weighted by molar-refractivity contribution is 9.10. The van der Waals surface area contributed by atoms with Gasteiger partial charge in [0.25, 0.3) is 0 Å². The zero-order valence-corrected chi connectivity index (χ0v) is 12.6. The molecule has 0 radical (unpaired) electrons. The third kappa shape index (κ3) is 3.25. The molecule has 2 atom stereocenters. The van der Waals surface area contributed by atoms with E-state index in [0.29, 0.717) is 12.0 Å². The first-order valence-electron chi connectivity index (χ1n) is 6.40. The number of piperidine rings is 1. The third-order valence-corrected chi connectivity index (χ3v) is 4.30. The Morgan fingerprint density at radius 1 is 1.50 bits per heavy atom. The van der Waals surface area contributed by atoms with E-state index in [1.54, 1.807) is 7.11 Å². The molecular weight excluding hydrogens is 292 g/mol. The van der Waals surface area contributed by atoms with Crippen LogP contribution < -0.4 is 10.5 Å². The Kier molecular flexibility index (Phi) is 4.65. The molecule has 2 unspecified atom stereocenters. The average Bonchev–Trinajstić information content (AvgIpc) is 2.34. The second-order valence-corrected chi connectivity index (χ2v) is 5.99. The minimum absolute atomic E-state index is 0.365. The van der Waals surface area contributed by atoms with Gasteiger partial charge in [0.15, 0.2) is 0 Å². The molecule has 1 fully saturated rings. The molecular formula is C14H21BrN2O. The molecule has 2 rings (SSSR count). The average molecular weight is 313 g/mol. The van der Waals surface area contributed by atoms with E-state index in [1.165, 1.54) is 5.56 Å². The molecule has 4 heteroatoms. The monoisotopic (exact) mass is 312 g/mol. The molecule has 0 bridgehead atoms. The molecule has 2 N–H and O–H groups in total. The molecule has 0 amide bonds. The maximum Gasteiger partial charge on any atom is 0.133 e. The van der Waals surface area contributed by atoms with Gasteiger partial charge in [-0.2, -0.15) is 0 Å². The lowest BCUT2D eigenvalue weighted by molar-refractivity contribution is 0.158. The number of hydrogen-bond donors (Lipinski definition) is 1. The summed E-state index contributed by atoms with van der Waals surface area (Å²) >= 11 is 3.53. The number of hydrogen-bond acceptors (Lipinski definition) is 3. The molecule has 1 aromatic rings. The van der Waals surface area contributed by atoms with E-state index >= 15 is 0 Å². The molecule has 0 aromatic heterocycles. The van der Waals surface area contributed by atoms with Gasteiger partial charge in [-0.05, 0) is 52.5 Å². The maximum absolute atomic E-state index is 6.05. The Morgan fingerprint density at radius 2 is 2.28 bits per heavy atom. The molecule has 1 saturated heterocycles. The number of nitrogens with two attached hydrogens (primary N) is 1. The smallest absolute Gasteiger partial charge is 0.133 e. The van der Waals surface area contributed by atoms with Crippen molar-refractivity contribution in [2.45, 2.75) is 25.9 Å². The molecule has 1 aliphatic rings. The van der Waals surface area contributed by atoms with Crippen LogP contribution in [0.3, 0.4) is 0 Å². The first kappa shape index (κ1) is 13.8. The van der Waals surface area contributed by atoms with Crippen LogP contribution in [0.15, 0.2) is 22.7 Å². The summed E-state index contributed by atoms with van der Waals surface area (Å²) in [6, 6.07) is 6.64. The van der Waals surface area contributed by atoms with Crippen LogP contribution in [0.25, 0.3) is 0 Å². The largest absolute Gasteiger partial charge is 0.496 e. The van der Waals surface area contributed by atoms with Gasteiger partial charge in [0.2, 0.25) is 0 Å². The van der Waals surface area contributed by atoms with Gasteiger partial charge in [-0.25, -0.2) is 0 Å². The van der Waals surface area contributed by atoms with Crippen molar-refractivity contribution in [2.24, 2.45) is 11.7 Å². The summed E-state index contributed by atoms with van der Waals surface area (Å²) in [5.41, 5.74) is 7.36. The van der Waals surface area contributed by atoms with E-state index in [2.05, 4.69) is 39.9 Å². The summed E-state index contributed by atoms with van der Waals surface area (Å²) in [5, 5.41) is 0. The fraction of sp³-hybridized carbons (Fsp3) is 0.571. The number of nitrogens with zero attached hydrogens (tertiary/aromatic N) is 1. The molecule has 0 saturated carbocycles. The predicted octanol–water partition coefficient (Wildman–Crippen LogP) is 2.63. The van der Waals surface area contributed by atoms with E-state index in [1.807, 2.05) is 6.07 Å². The number of ether oxygens (including phenoxy) is 1. The van der Waals surface area contributed by atoms with Gasteiger partial charge in [0.1, 0.15) is 5.75 Å². The minimum atomic E-state index is 0.365. The lowest BCUT2D eigenvalue weighted by Gasteiger charge is -2.35. The van der Waals surface area contributed by atoms with E-state index in [9.17, 15) is 0 Å². The SMILES string of the molecule is COc1ccc(CN2CCC(N)C(C)C2)cc1Br. The van der Waals surface area contributed by atoms with Crippen LogP contribution >= 0.6 is 15.9 Å². The minimum Gasteiger partial charge on any atom is -0.496 e. The fourth-order valence-electron chi connectivity index (χ4n) is 2.46. The lowest BCUT2D eigenvalue weighted by atomic mass is 9.94. The van der Waals surface area contributed by atoms with Crippen molar-refractivity contribution in [3.8, 4) is 5.75 Å². The van der Waals surface area contributed by atoms with Gasteiger partial charge >= 0.3 is 0 Å². The number of likely N-dealkylation sites (tertiary alicyclic amines) is 1. The first-order chi connectivity index (χ1) is 8.60. The highest BCUT2D eigenvalue weighted by atomic mass is 79.9. The molecule has 0 spiro atoms.